The summed E-state index contributed by atoms with van der Waals surface area (Å²) < 4.78 is 24.3. The third kappa shape index (κ3) is 41.4. The first-order chi connectivity index (χ1) is 22.8. The van der Waals surface area contributed by atoms with E-state index in [0.29, 0.717) is 32.2 Å². The highest BCUT2D eigenvalue weighted by molar-refractivity contribution is 5.70. The number of esters is 3. The van der Waals surface area contributed by atoms with Crippen LogP contribution in [-0.4, -0.2) is 94.6 Å². The zero-order chi connectivity index (χ0) is 35.8. The minimum absolute atomic E-state index is 0.0942. The second kappa shape index (κ2) is 41.5. The number of quaternary nitrogens is 1. The van der Waals surface area contributed by atoms with Gasteiger partial charge in [0.2, 0.25) is 0 Å². The predicted molar refractivity (Wildman–Crippen MR) is 181 cm³/mol. The van der Waals surface area contributed by atoms with Crippen LogP contribution in [0.2, 0.25) is 0 Å². The lowest BCUT2D eigenvalue weighted by atomic mass is 10.1. The van der Waals surface area contributed by atoms with Crippen LogP contribution in [0.3, 0.4) is 0 Å². The van der Waals surface area contributed by atoms with Gasteiger partial charge in [-0.3, -0.25) is 19.2 Å². The lowest BCUT2D eigenvalue weighted by molar-refractivity contribution is -0.655. The maximum atomic E-state index is 11.7. The van der Waals surface area contributed by atoms with E-state index >= 15 is 0 Å². The first kappa shape index (κ1) is 48.8. The molecule has 0 aliphatic carbocycles. The molecule has 0 aromatic rings. The average molecular weight is 679 g/mol. The molecule has 0 rings (SSSR count). The second-order valence-electron chi connectivity index (χ2n) is 11.2. The van der Waals surface area contributed by atoms with Crippen LogP contribution >= 0.6 is 0 Å². The van der Waals surface area contributed by atoms with Gasteiger partial charge in [0.25, 0.3) is 6.47 Å². The highest BCUT2D eigenvalue weighted by Crippen LogP contribution is 2.07. The summed E-state index contributed by atoms with van der Waals surface area (Å²) in [4.78, 5) is 54.1. The van der Waals surface area contributed by atoms with Gasteiger partial charge in [-0.1, -0.05) is 91.9 Å². The fourth-order valence-corrected chi connectivity index (χ4v) is 3.85. The van der Waals surface area contributed by atoms with Gasteiger partial charge in [0.05, 0.1) is 26.1 Å². The van der Waals surface area contributed by atoms with Crippen molar-refractivity contribution in [2.75, 3.05) is 46.6 Å². The van der Waals surface area contributed by atoms with Gasteiger partial charge in [-0.2, -0.15) is 0 Å². The minimum Gasteiger partial charge on any atom is -0.465 e. The standard InChI is InChI=1S/C19H35NO6.C8H14O5.C8H18/c1-2-3-4-5-6-10-18(23)25-16-17(15-22)26-19(24)11-9-13-20-12-7-8-14-21;1-3-8(10)13-5-7(11-2)4-12-6-9;1-3-5-7-8-6-4-2/h14,17,20,22H,2-13,15-16H2,1H3;6-7H,3-5H2,1-2H3;3-8H2,1-2H3/p+1. The molecule has 0 fully saturated rings. The summed E-state index contributed by atoms with van der Waals surface area (Å²) in [5, 5.41) is 11.3. The third-order valence-corrected chi connectivity index (χ3v) is 6.80. The third-order valence-electron chi connectivity index (χ3n) is 6.80. The van der Waals surface area contributed by atoms with E-state index < -0.39 is 12.1 Å². The molecule has 3 N–H and O–H groups in total. The van der Waals surface area contributed by atoms with Crippen molar-refractivity contribution in [3.8, 4) is 0 Å². The number of hydrogen-bond acceptors (Lipinski definition) is 11. The van der Waals surface area contributed by atoms with Gasteiger partial charge >= 0.3 is 17.9 Å². The van der Waals surface area contributed by atoms with E-state index in [1.165, 1.54) is 52.1 Å². The van der Waals surface area contributed by atoms with Crippen molar-refractivity contribution in [3.05, 3.63) is 0 Å². The van der Waals surface area contributed by atoms with Crippen molar-refractivity contribution in [1.29, 1.82) is 0 Å². The van der Waals surface area contributed by atoms with Crippen LogP contribution < -0.4 is 5.32 Å². The number of ether oxygens (including phenoxy) is 5. The van der Waals surface area contributed by atoms with Crippen molar-refractivity contribution in [2.24, 2.45) is 0 Å². The number of aliphatic hydroxyl groups is 1. The van der Waals surface area contributed by atoms with E-state index in [0.717, 1.165) is 51.5 Å². The fourth-order valence-electron chi connectivity index (χ4n) is 3.85. The average Bonchev–Trinajstić information content (AvgIpc) is 3.08. The molecule has 0 saturated carbocycles. The Hall–Kier alpha value is -2.57. The van der Waals surface area contributed by atoms with Crippen molar-refractivity contribution >= 4 is 30.7 Å². The van der Waals surface area contributed by atoms with Crippen molar-refractivity contribution in [3.63, 3.8) is 0 Å². The van der Waals surface area contributed by atoms with Crippen LogP contribution in [0.15, 0.2) is 0 Å². The molecular weight excluding hydrogens is 610 g/mol. The summed E-state index contributed by atoms with van der Waals surface area (Å²) in [6.45, 7) is 10.1. The van der Waals surface area contributed by atoms with E-state index in [2.05, 4.69) is 30.8 Å². The molecule has 0 aliphatic rings. The lowest BCUT2D eigenvalue weighted by Gasteiger charge is -2.15. The highest BCUT2D eigenvalue weighted by Gasteiger charge is 2.16. The number of nitrogens with two attached hydrogens (primary N) is 1. The monoisotopic (exact) mass is 678 g/mol. The molecule has 0 saturated heterocycles. The summed E-state index contributed by atoms with van der Waals surface area (Å²) in [5.41, 5.74) is 0. The van der Waals surface area contributed by atoms with E-state index in [1.807, 2.05) is 0 Å². The van der Waals surface area contributed by atoms with Gasteiger partial charge in [0.1, 0.15) is 32.2 Å². The van der Waals surface area contributed by atoms with Crippen molar-refractivity contribution < 1.29 is 58.1 Å². The van der Waals surface area contributed by atoms with Crippen LogP contribution in [0.4, 0.5) is 0 Å². The van der Waals surface area contributed by atoms with E-state index in [9.17, 15) is 29.1 Å². The lowest BCUT2D eigenvalue weighted by Crippen LogP contribution is -2.84. The molecule has 2 atom stereocenters. The van der Waals surface area contributed by atoms with Gasteiger partial charge in [-0.25, -0.2) is 0 Å². The molecule has 12 nitrogen and oxygen atoms in total. The molecule has 278 valence electrons. The number of aliphatic hydroxyl groups excluding tert-OH is 1. The summed E-state index contributed by atoms with van der Waals surface area (Å²) in [6.07, 6.45) is 16.5. The fraction of sp³-hybridized carbons (Fsp3) is 0.857. The molecular formula is C35H68NO11+. The number of rotatable bonds is 30. The molecule has 0 bridgehead atoms. The smallest absolute Gasteiger partial charge is 0.306 e. The maximum absolute atomic E-state index is 11.7. The number of carbonyl (C=O) groups is 5. The zero-order valence-electron chi connectivity index (χ0n) is 30.2. The number of hydrogen-bond donors (Lipinski definition) is 2. The largest absolute Gasteiger partial charge is 0.465 e. The predicted octanol–water partition coefficient (Wildman–Crippen LogP) is 4.61. The SMILES string of the molecule is CCC(=O)OCC(COC=O)OC.CCCCCCCC.CCCCCCCC(=O)OCC(CO)OC(=O)CCC[NH2+]CCCC=O. The molecule has 47 heavy (non-hydrogen) atoms. The van der Waals surface area contributed by atoms with Crippen LogP contribution in [0, 0.1) is 0 Å². The quantitative estimate of drug-likeness (QED) is 0.0471. The van der Waals surface area contributed by atoms with Gasteiger partial charge in [-0.05, 0) is 6.42 Å². The number of carbonyl (C=O) groups excluding carboxylic acids is 5. The Labute approximate surface area is 284 Å². The summed E-state index contributed by atoms with van der Waals surface area (Å²) in [7, 11) is 1.46. The summed E-state index contributed by atoms with van der Waals surface area (Å²) >= 11 is 0. The Morgan fingerprint density at radius 1 is 0.660 bits per heavy atom. The van der Waals surface area contributed by atoms with Gasteiger partial charge in [-0.15, -0.1) is 0 Å². The molecule has 0 amide bonds. The van der Waals surface area contributed by atoms with E-state index in [1.54, 1.807) is 6.92 Å². The Kier molecular flexibility index (Phi) is 43.1. The zero-order valence-corrected chi connectivity index (χ0v) is 30.2. The van der Waals surface area contributed by atoms with Crippen LogP contribution in [0.5, 0.6) is 0 Å². The number of unbranched alkanes of at least 4 members (excludes halogenated alkanes) is 10. The first-order valence-electron chi connectivity index (χ1n) is 17.7. The Morgan fingerprint density at radius 3 is 1.70 bits per heavy atom. The van der Waals surface area contributed by atoms with Gasteiger partial charge < -0.3 is 38.9 Å². The molecule has 0 aliphatic heterocycles. The first-order valence-corrected chi connectivity index (χ1v) is 17.7. The van der Waals surface area contributed by atoms with E-state index in [-0.39, 0.29) is 50.9 Å². The molecule has 2 unspecified atom stereocenters. The van der Waals surface area contributed by atoms with Gasteiger partial charge in [0.15, 0.2) is 6.10 Å². The minimum atomic E-state index is -0.803. The normalized spacial score (nSPS) is 11.4. The summed E-state index contributed by atoms with van der Waals surface area (Å²) in [5.74, 6) is -1.02. The Morgan fingerprint density at radius 2 is 1.19 bits per heavy atom. The number of aldehydes is 1. The molecule has 0 heterocycles. The molecule has 12 heteroatoms. The molecule has 0 aromatic carbocycles. The second-order valence-corrected chi connectivity index (χ2v) is 11.2. The maximum Gasteiger partial charge on any atom is 0.306 e. The van der Waals surface area contributed by atoms with Crippen LogP contribution in [-0.2, 0) is 47.7 Å². The highest BCUT2D eigenvalue weighted by atomic mass is 16.6. The molecule has 0 aromatic heterocycles. The Bertz CT molecular complexity index is 716. The van der Waals surface area contributed by atoms with Gasteiger partial charge in [0, 0.05) is 39.2 Å². The van der Waals surface area contributed by atoms with Crippen LogP contribution in [0.1, 0.15) is 137 Å². The van der Waals surface area contributed by atoms with Crippen molar-refractivity contribution in [1.82, 2.24) is 0 Å². The number of methoxy groups -OCH3 is 1. The Balaban J connectivity index is -0.000000758. The van der Waals surface area contributed by atoms with Crippen LogP contribution in [0.25, 0.3) is 0 Å². The molecule has 0 spiro atoms. The summed E-state index contributed by atoms with van der Waals surface area (Å²) in [6, 6.07) is 0. The topological polar surface area (TPSA) is 168 Å². The van der Waals surface area contributed by atoms with E-state index in [4.69, 9.17) is 18.9 Å². The molecule has 0 radical (unpaired) electrons. The van der Waals surface area contributed by atoms with Crippen molar-refractivity contribution in [2.45, 2.75) is 149 Å².